The van der Waals surface area contributed by atoms with Crippen molar-refractivity contribution in [1.82, 2.24) is 0 Å². The van der Waals surface area contributed by atoms with Crippen LogP contribution in [0.15, 0.2) is 0 Å². The molecule has 0 saturated heterocycles. The molecule has 0 heterocycles. The number of hydrogen-bond donors (Lipinski definition) is 0. The lowest BCUT2D eigenvalue weighted by atomic mass is 11.0. The molecule has 0 atom stereocenters. The fourth-order valence-corrected chi connectivity index (χ4v) is 2.84. The number of halogens is 1. The molecule has 0 aromatic carbocycles. The van der Waals surface area contributed by atoms with Crippen molar-refractivity contribution in [3.63, 3.8) is 0 Å². The maximum absolute atomic E-state index is 10.3. The van der Waals surface area contributed by atoms with Gasteiger partial charge in [0.2, 0.25) is 0 Å². The first-order valence-corrected chi connectivity index (χ1v) is 6.48. The third-order valence-electron chi connectivity index (χ3n) is 0.375. The van der Waals surface area contributed by atoms with Crippen LogP contribution in [-0.2, 0) is 8.87 Å². The minimum absolute atomic E-state index is 0.624. The van der Waals surface area contributed by atoms with Gasteiger partial charge in [0.1, 0.15) is 0 Å². The molecule has 0 aromatic heterocycles. The van der Waals surface area contributed by atoms with Crippen molar-refractivity contribution in [2.75, 3.05) is 17.3 Å². The van der Waals surface area contributed by atoms with Crippen LogP contribution in [-0.4, -0.2) is 25.8 Å². The van der Waals surface area contributed by atoms with Crippen molar-refractivity contribution in [2.45, 2.75) is 0 Å². The molecule has 0 spiro atoms. The standard InChI is InChI=1S/C3H7BrO2S2/c1-8(5,6)7-3-2-4/h2-3H2,1H3. The van der Waals surface area contributed by atoms with Gasteiger partial charge in [0, 0.05) is 17.3 Å². The number of rotatable bonds is 3. The fourth-order valence-electron chi connectivity index (χ4n) is 0.183. The van der Waals surface area contributed by atoms with Crippen molar-refractivity contribution in [2.24, 2.45) is 0 Å². The average Bonchev–Trinajstić information content (AvgIpc) is 1.59. The Balaban J connectivity index is 3.42. The summed E-state index contributed by atoms with van der Waals surface area (Å²) in [5, 5.41) is 0.727. The Labute approximate surface area is 61.5 Å². The number of alkyl halides is 1. The monoisotopic (exact) mass is 218 g/mol. The lowest BCUT2D eigenvalue weighted by molar-refractivity contribution is 0.615. The van der Waals surface area contributed by atoms with Gasteiger partial charge in [0.25, 0.3) is 0 Å². The molecule has 0 fully saturated rings. The van der Waals surface area contributed by atoms with Crippen LogP contribution in [0, 0.1) is 0 Å². The molecule has 0 aliphatic rings. The highest BCUT2D eigenvalue weighted by Gasteiger charge is 1.98. The summed E-state index contributed by atoms with van der Waals surface area (Å²) in [7, 11) is -1.84. The SMILES string of the molecule is CS(=O)(=O)SCCBr. The van der Waals surface area contributed by atoms with E-state index in [1.807, 2.05) is 0 Å². The van der Waals surface area contributed by atoms with Gasteiger partial charge in [-0.25, -0.2) is 8.42 Å². The second-order valence-electron chi connectivity index (χ2n) is 1.22. The molecule has 50 valence electrons. The van der Waals surface area contributed by atoms with Crippen molar-refractivity contribution in [3.8, 4) is 0 Å². The first-order valence-electron chi connectivity index (χ1n) is 1.96. The Morgan fingerprint density at radius 2 is 2.12 bits per heavy atom. The molecule has 0 aliphatic carbocycles. The Kier molecular flexibility index (Phi) is 4.10. The van der Waals surface area contributed by atoms with Gasteiger partial charge in [-0.3, -0.25) is 0 Å². The van der Waals surface area contributed by atoms with E-state index in [2.05, 4.69) is 15.9 Å². The quantitative estimate of drug-likeness (QED) is 0.526. The third kappa shape index (κ3) is 6.78. The summed E-state index contributed by atoms with van der Waals surface area (Å²) in [4.78, 5) is 0. The molecule has 0 radical (unpaired) electrons. The molecule has 5 heteroatoms. The molecular weight excluding hydrogens is 212 g/mol. The molecule has 0 saturated carbocycles. The van der Waals surface area contributed by atoms with Crippen molar-refractivity contribution in [1.29, 1.82) is 0 Å². The van der Waals surface area contributed by atoms with Gasteiger partial charge < -0.3 is 0 Å². The first kappa shape index (κ1) is 8.78. The van der Waals surface area contributed by atoms with Crippen molar-refractivity contribution >= 4 is 35.6 Å². The van der Waals surface area contributed by atoms with Crippen LogP contribution in [0.5, 0.6) is 0 Å². The van der Waals surface area contributed by atoms with E-state index in [0.29, 0.717) is 5.75 Å². The van der Waals surface area contributed by atoms with E-state index in [4.69, 9.17) is 0 Å². The van der Waals surface area contributed by atoms with Gasteiger partial charge in [0.05, 0.1) is 0 Å². The highest BCUT2D eigenvalue weighted by Crippen LogP contribution is 2.08. The maximum Gasteiger partial charge on any atom is 0.198 e. The zero-order valence-electron chi connectivity index (χ0n) is 4.43. The molecule has 0 N–H and O–H groups in total. The van der Waals surface area contributed by atoms with Gasteiger partial charge in [-0.1, -0.05) is 15.9 Å². The lowest BCUT2D eigenvalue weighted by Gasteiger charge is -1.90. The van der Waals surface area contributed by atoms with Crippen LogP contribution in [0.1, 0.15) is 0 Å². The van der Waals surface area contributed by atoms with E-state index >= 15 is 0 Å². The third-order valence-corrected chi connectivity index (χ3v) is 3.88. The lowest BCUT2D eigenvalue weighted by Crippen LogP contribution is -1.90. The second-order valence-corrected chi connectivity index (χ2v) is 6.58. The zero-order valence-corrected chi connectivity index (χ0v) is 7.64. The molecular formula is C3H7BrO2S2. The minimum atomic E-state index is -2.80. The van der Waals surface area contributed by atoms with Crippen molar-refractivity contribution < 1.29 is 8.42 Å². The smallest absolute Gasteiger partial charge is 0.198 e. The summed E-state index contributed by atoms with van der Waals surface area (Å²) in [5.41, 5.74) is 0. The Hall–Kier alpha value is 0.780. The van der Waals surface area contributed by atoms with Gasteiger partial charge in [-0.15, -0.1) is 0 Å². The molecule has 0 unspecified atom stereocenters. The van der Waals surface area contributed by atoms with Gasteiger partial charge in [-0.05, 0) is 10.8 Å². The summed E-state index contributed by atoms with van der Waals surface area (Å²) in [6, 6.07) is 0. The van der Waals surface area contributed by atoms with E-state index in [0.717, 1.165) is 16.1 Å². The highest BCUT2D eigenvalue weighted by atomic mass is 79.9. The molecule has 0 aromatic rings. The van der Waals surface area contributed by atoms with Crippen molar-refractivity contribution in [3.05, 3.63) is 0 Å². The fraction of sp³-hybridized carbons (Fsp3) is 1.00. The van der Waals surface area contributed by atoms with Gasteiger partial charge in [-0.2, -0.15) is 0 Å². The molecule has 0 aliphatic heterocycles. The molecule has 0 rings (SSSR count). The van der Waals surface area contributed by atoms with Crippen LogP contribution in [0.2, 0.25) is 0 Å². The Morgan fingerprint density at radius 3 is 2.25 bits per heavy atom. The van der Waals surface area contributed by atoms with E-state index in [1.165, 1.54) is 6.26 Å². The summed E-state index contributed by atoms with van der Waals surface area (Å²) in [6.45, 7) is 0. The van der Waals surface area contributed by atoms with Crippen LogP contribution < -0.4 is 0 Å². The Morgan fingerprint density at radius 1 is 1.62 bits per heavy atom. The average molecular weight is 219 g/mol. The molecule has 2 nitrogen and oxygen atoms in total. The molecule has 0 amide bonds. The predicted octanol–water partition coefficient (Wildman–Crippen LogP) is 1.07. The molecule has 8 heavy (non-hydrogen) atoms. The van der Waals surface area contributed by atoms with Crippen LogP contribution >= 0.6 is 26.7 Å². The summed E-state index contributed by atoms with van der Waals surface area (Å²) < 4.78 is 20.7. The predicted molar refractivity (Wildman–Crippen MR) is 41.1 cm³/mol. The molecule has 0 bridgehead atoms. The minimum Gasteiger partial charge on any atom is -0.218 e. The highest BCUT2D eigenvalue weighted by molar-refractivity contribution is 9.09. The second kappa shape index (κ2) is 3.74. The van der Waals surface area contributed by atoms with Crippen LogP contribution in [0.4, 0.5) is 0 Å². The van der Waals surface area contributed by atoms with E-state index in [1.54, 1.807) is 0 Å². The summed E-state index contributed by atoms with van der Waals surface area (Å²) in [5.74, 6) is 0.624. The topological polar surface area (TPSA) is 34.1 Å². The van der Waals surface area contributed by atoms with Gasteiger partial charge in [0.15, 0.2) is 8.87 Å². The summed E-state index contributed by atoms with van der Waals surface area (Å²) in [6.07, 6.45) is 1.21. The zero-order chi connectivity index (χ0) is 6.62. The van der Waals surface area contributed by atoms with E-state index in [-0.39, 0.29) is 0 Å². The van der Waals surface area contributed by atoms with E-state index < -0.39 is 8.87 Å². The first-order chi connectivity index (χ1) is 3.56. The van der Waals surface area contributed by atoms with Gasteiger partial charge >= 0.3 is 0 Å². The van der Waals surface area contributed by atoms with Crippen LogP contribution in [0.3, 0.4) is 0 Å². The number of hydrogen-bond acceptors (Lipinski definition) is 3. The Bertz CT molecular complexity index is 139. The maximum atomic E-state index is 10.3. The van der Waals surface area contributed by atoms with Crippen LogP contribution in [0.25, 0.3) is 0 Å². The summed E-state index contributed by atoms with van der Waals surface area (Å²) >= 11 is 3.12. The largest absolute Gasteiger partial charge is 0.218 e. The normalized spacial score (nSPS) is 11.8. The van der Waals surface area contributed by atoms with E-state index in [9.17, 15) is 8.42 Å².